The molecule has 1 aromatic heterocycles. The number of halogens is 1. The number of hydrogen-bond donors (Lipinski definition) is 1. The van der Waals surface area contributed by atoms with Gasteiger partial charge in [0.25, 0.3) is 0 Å². The molecule has 152 valence electrons. The summed E-state index contributed by atoms with van der Waals surface area (Å²) in [5.74, 6) is 0.749. The second-order valence-electron chi connectivity index (χ2n) is 7.02. The second kappa shape index (κ2) is 8.46. The first-order valence-electron chi connectivity index (χ1n) is 9.73. The molecule has 5 aromatic rings. The number of oxazole rings is 1. The first kappa shape index (κ1) is 19.7. The van der Waals surface area contributed by atoms with Crippen molar-refractivity contribution >= 4 is 56.8 Å². The van der Waals surface area contributed by atoms with Gasteiger partial charge in [-0.3, -0.25) is 4.79 Å². The molecule has 0 spiro atoms. The molecule has 0 radical (unpaired) electrons. The summed E-state index contributed by atoms with van der Waals surface area (Å²) in [7, 11) is 0. The molecule has 0 fully saturated rings. The van der Waals surface area contributed by atoms with Crippen molar-refractivity contribution in [3.05, 3.63) is 90.0 Å². The molecule has 1 amide bonds. The number of nitrogens with zero attached hydrogens (tertiary/aromatic N) is 1. The normalized spacial score (nSPS) is 11.1. The van der Waals surface area contributed by atoms with Crippen molar-refractivity contribution in [1.29, 1.82) is 0 Å². The molecule has 0 atom stereocenters. The molecule has 0 bridgehead atoms. The lowest BCUT2D eigenvalue weighted by Crippen LogP contribution is -2.13. The van der Waals surface area contributed by atoms with Gasteiger partial charge < -0.3 is 9.73 Å². The number of amides is 1. The molecule has 1 N–H and O–H groups in total. The van der Waals surface area contributed by atoms with Crippen molar-refractivity contribution in [2.24, 2.45) is 0 Å². The van der Waals surface area contributed by atoms with E-state index in [2.05, 4.69) is 11.4 Å². The molecule has 4 nitrogen and oxygen atoms in total. The highest BCUT2D eigenvalue weighted by Gasteiger charge is 2.12. The van der Waals surface area contributed by atoms with Gasteiger partial charge in [0.2, 0.25) is 11.8 Å². The van der Waals surface area contributed by atoms with Gasteiger partial charge in [0.05, 0.1) is 5.75 Å². The van der Waals surface area contributed by atoms with Crippen LogP contribution >= 0.6 is 23.4 Å². The van der Waals surface area contributed by atoms with Crippen LogP contribution in [0.1, 0.15) is 0 Å². The summed E-state index contributed by atoms with van der Waals surface area (Å²) in [4.78, 5) is 18.1. The molecule has 0 saturated heterocycles. The van der Waals surface area contributed by atoms with Crippen LogP contribution in [0, 0.1) is 0 Å². The molecular weight excluding hydrogens is 428 g/mol. The van der Waals surface area contributed by atoms with Crippen LogP contribution in [-0.4, -0.2) is 16.6 Å². The number of anilines is 1. The molecule has 31 heavy (non-hydrogen) atoms. The lowest BCUT2D eigenvalue weighted by molar-refractivity contribution is -0.113. The molecule has 0 unspecified atom stereocenters. The number of thioether (sulfide) groups is 1. The van der Waals surface area contributed by atoms with Crippen molar-refractivity contribution in [3.8, 4) is 11.5 Å². The predicted octanol–water partition coefficient (Wildman–Crippen LogP) is 7.03. The zero-order valence-corrected chi connectivity index (χ0v) is 17.9. The van der Waals surface area contributed by atoms with Crippen molar-refractivity contribution in [1.82, 2.24) is 4.98 Å². The topological polar surface area (TPSA) is 55.1 Å². The van der Waals surface area contributed by atoms with Crippen LogP contribution in [0.3, 0.4) is 0 Å². The standard InChI is InChI=1S/C25H17ClN2O2S/c26-18-9-11-20(12-10-18)31-15-23(29)27-19-6-3-5-17(14-19)25-28-24-21-7-2-1-4-16(21)8-13-22(24)30-25/h1-14H,15H2,(H,27,29). The molecule has 0 aliphatic heterocycles. The summed E-state index contributed by atoms with van der Waals surface area (Å²) >= 11 is 7.36. The fraction of sp³-hybridized carbons (Fsp3) is 0.0400. The highest BCUT2D eigenvalue weighted by molar-refractivity contribution is 8.00. The Morgan fingerprint density at radius 1 is 0.968 bits per heavy atom. The second-order valence-corrected chi connectivity index (χ2v) is 8.51. The molecule has 0 saturated carbocycles. The van der Waals surface area contributed by atoms with Gasteiger partial charge in [0, 0.05) is 26.6 Å². The van der Waals surface area contributed by atoms with Crippen LogP contribution in [0.25, 0.3) is 33.3 Å². The number of fused-ring (bicyclic) bond motifs is 3. The highest BCUT2D eigenvalue weighted by Crippen LogP contribution is 2.30. The van der Waals surface area contributed by atoms with Crippen LogP contribution < -0.4 is 5.32 Å². The van der Waals surface area contributed by atoms with Crippen molar-refractivity contribution in [3.63, 3.8) is 0 Å². The number of benzene rings is 4. The van der Waals surface area contributed by atoms with Gasteiger partial charge in [-0.25, -0.2) is 4.98 Å². The number of rotatable bonds is 5. The van der Waals surface area contributed by atoms with E-state index in [9.17, 15) is 4.79 Å². The third kappa shape index (κ3) is 4.29. The smallest absolute Gasteiger partial charge is 0.234 e. The van der Waals surface area contributed by atoms with E-state index < -0.39 is 0 Å². The summed E-state index contributed by atoms with van der Waals surface area (Å²) < 4.78 is 6.00. The Labute approximate surface area is 188 Å². The van der Waals surface area contributed by atoms with Crippen LogP contribution in [0.4, 0.5) is 5.69 Å². The number of nitrogens with one attached hydrogen (secondary N) is 1. The molecule has 6 heteroatoms. The molecule has 5 rings (SSSR count). The summed E-state index contributed by atoms with van der Waals surface area (Å²) in [5.41, 5.74) is 3.08. The van der Waals surface area contributed by atoms with Crippen molar-refractivity contribution in [2.75, 3.05) is 11.1 Å². The monoisotopic (exact) mass is 444 g/mol. The maximum atomic E-state index is 12.4. The Hall–Kier alpha value is -3.28. The Bertz CT molecular complexity index is 1400. The van der Waals surface area contributed by atoms with Crippen LogP contribution in [0.5, 0.6) is 0 Å². The average Bonchev–Trinajstić information content (AvgIpc) is 3.24. The maximum Gasteiger partial charge on any atom is 0.234 e. The Balaban J connectivity index is 1.34. The van der Waals surface area contributed by atoms with Crippen LogP contribution in [0.2, 0.25) is 5.02 Å². The number of aromatic nitrogens is 1. The summed E-state index contributed by atoms with van der Waals surface area (Å²) in [6.45, 7) is 0. The zero-order valence-electron chi connectivity index (χ0n) is 16.3. The van der Waals surface area contributed by atoms with E-state index in [0.29, 0.717) is 22.4 Å². The summed E-state index contributed by atoms with van der Waals surface area (Å²) in [5, 5.41) is 5.79. The quantitative estimate of drug-likeness (QED) is 0.295. The molecular formula is C25H17ClN2O2S. The van der Waals surface area contributed by atoms with E-state index in [1.807, 2.05) is 78.9 Å². The van der Waals surface area contributed by atoms with E-state index >= 15 is 0 Å². The molecule has 0 aliphatic rings. The van der Waals surface area contributed by atoms with Crippen molar-refractivity contribution in [2.45, 2.75) is 4.90 Å². The third-order valence-corrected chi connectivity index (χ3v) is 6.12. The van der Waals surface area contributed by atoms with Gasteiger partial charge in [-0.05, 0) is 53.9 Å². The molecule has 0 aliphatic carbocycles. The van der Waals surface area contributed by atoms with E-state index in [0.717, 1.165) is 32.3 Å². The summed E-state index contributed by atoms with van der Waals surface area (Å²) in [6, 6.07) is 27.0. The first-order valence-corrected chi connectivity index (χ1v) is 11.1. The SMILES string of the molecule is O=C(CSc1ccc(Cl)cc1)Nc1cccc(-c2nc3c(ccc4ccccc43)o2)c1. The average molecular weight is 445 g/mol. The Morgan fingerprint density at radius 3 is 2.68 bits per heavy atom. The van der Waals surface area contributed by atoms with Gasteiger partial charge in [-0.15, -0.1) is 11.8 Å². The minimum atomic E-state index is -0.0827. The minimum Gasteiger partial charge on any atom is -0.436 e. The third-order valence-electron chi connectivity index (χ3n) is 4.86. The minimum absolute atomic E-state index is 0.0827. The Kier molecular flexibility index (Phi) is 5.37. The lowest BCUT2D eigenvalue weighted by Gasteiger charge is -2.06. The van der Waals surface area contributed by atoms with Gasteiger partial charge in [-0.2, -0.15) is 0 Å². The first-order chi connectivity index (χ1) is 15.2. The van der Waals surface area contributed by atoms with Gasteiger partial charge >= 0.3 is 0 Å². The number of carbonyl (C=O) groups is 1. The Morgan fingerprint density at radius 2 is 1.81 bits per heavy atom. The zero-order chi connectivity index (χ0) is 21.2. The fourth-order valence-corrected chi connectivity index (χ4v) is 4.22. The van der Waals surface area contributed by atoms with Gasteiger partial charge in [0.15, 0.2) is 5.58 Å². The molecule has 1 heterocycles. The van der Waals surface area contributed by atoms with E-state index in [1.165, 1.54) is 11.8 Å². The van der Waals surface area contributed by atoms with Gasteiger partial charge in [0.1, 0.15) is 5.52 Å². The van der Waals surface area contributed by atoms with E-state index in [-0.39, 0.29) is 5.91 Å². The van der Waals surface area contributed by atoms with E-state index in [4.69, 9.17) is 21.0 Å². The lowest BCUT2D eigenvalue weighted by atomic mass is 10.1. The number of carbonyl (C=O) groups excluding carboxylic acids is 1. The van der Waals surface area contributed by atoms with Gasteiger partial charge in [-0.1, -0.05) is 48.0 Å². The van der Waals surface area contributed by atoms with Crippen LogP contribution in [-0.2, 0) is 4.79 Å². The fourth-order valence-electron chi connectivity index (χ4n) is 3.39. The molecule has 4 aromatic carbocycles. The maximum absolute atomic E-state index is 12.4. The van der Waals surface area contributed by atoms with E-state index in [1.54, 1.807) is 0 Å². The summed E-state index contributed by atoms with van der Waals surface area (Å²) in [6.07, 6.45) is 0. The largest absolute Gasteiger partial charge is 0.436 e. The number of hydrogen-bond acceptors (Lipinski definition) is 4. The highest BCUT2D eigenvalue weighted by atomic mass is 35.5. The van der Waals surface area contributed by atoms with Crippen molar-refractivity contribution < 1.29 is 9.21 Å². The van der Waals surface area contributed by atoms with Crippen LogP contribution in [0.15, 0.2) is 94.2 Å². The predicted molar refractivity (Wildman–Crippen MR) is 128 cm³/mol.